The number of nitrogens with one attached hydrogen (secondary N) is 1. The topological polar surface area (TPSA) is 75.3 Å². The summed E-state index contributed by atoms with van der Waals surface area (Å²) in [4.78, 5) is 0.211. The number of aromatic amines is 1. The molecule has 0 aliphatic rings. The summed E-state index contributed by atoms with van der Waals surface area (Å²) in [5, 5.41) is 6.63. The fourth-order valence-electron chi connectivity index (χ4n) is 2.00. The smallest absolute Gasteiger partial charge is 0.267 e. The normalized spacial score (nSPS) is 11.4. The number of aromatic nitrogens is 2. The van der Waals surface area contributed by atoms with Crippen molar-refractivity contribution < 1.29 is 13.2 Å². The van der Waals surface area contributed by atoms with Gasteiger partial charge in [-0.05, 0) is 26.0 Å². The average molecular weight is 295 g/mol. The highest BCUT2D eigenvalue weighted by Crippen LogP contribution is 2.27. The molecule has 0 fully saturated rings. The first-order valence-electron chi connectivity index (χ1n) is 6.02. The zero-order valence-corrected chi connectivity index (χ0v) is 12.7. The summed E-state index contributed by atoms with van der Waals surface area (Å²) in [6.07, 6.45) is 0. The first-order chi connectivity index (χ1) is 9.37. The SMILES string of the molecule is COc1cccc(N(C)S(=O)(=O)c2c(C)n[nH]c2C)c1. The number of benzene rings is 1. The van der Waals surface area contributed by atoms with Crippen molar-refractivity contribution >= 4 is 15.7 Å². The Balaban J connectivity index is 2.49. The summed E-state index contributed by atoms with van der Waals surface area (Å²) in [5.74, 6) is 0.602. The molecule has 1 aromatic carbocycles. The maximum absolute atomic E-state index is 12.7. The van der Waals surface area contributed by atoms with E-state index in [1.54, 1.807) is 38.1 Å². The highest BCUT2D eigenvalue weighted by atomic mass is 32.2. The van der Waals surface area contributed by atoms with Gasteiger partial charge in [0, 0.05) is 13.1 Å². The lowest BCUT2D eigenvalue weighted by Crippen LogP contribution is -2.27. The van der Waals surface area contributed by atoms with Crippen molar-refractivity contribution in [2.75, 3.05) is 18.5 Å². The predicted octanol–water partition coefficient (Wildman–Crippen LogP) is 1.86. The van der Waals surface area contributed by atoms with Crippen LogP contribution >= 0.6 is 0 Å². The lowest BCUT2D eigenvalue weighted by atomic mass is 10.3. The van der Waals surface area contributed by atoms with E-state index >= 15 is 0 Å². The molecular weight excluding hydrogens is 278 g/mol. The molecule has 2 rings (SSSR count). The van der Waals surface area contributed by atoms with E-state index in [9.17, 15) is 8.42 Å². The average Bonchev–Trinajstić information content (AvgIpc) is 2.77. The molecule has 20 heavy (non-hydrogen) atoms. The minimum atomic E-state index is -3.65. The Morgan fingerprint density at radius 1 is 1.30 bits per heavy atom. The lowest BCUT2D eigenvalue weighted by molar-refractivity contribution is 0.415. The minimum absolute atomic E-state index is 0.211. The van der Waals surface area contributed by atoms with Crippen LogP contribution in [0.1, 0.15) is 11.4 Å². The monoisotopic (exact) mass is 295 g/mol. The number of nitrogens with zero attached hydrogens (tertiary/aromatic N) is 2. The molecule has 7 heteroatoms. The Morgan fingerprint density at radius 3 is 2.55 bits per heavy atom. The van der Waals surface area contributed by atoms with Crippen molar-refractivity contribution in [2.45, 2.75) is 18.7 Å². The number of hydrogen-bond donors (Lipinski definition) is 1. The largest absolute Gasteiger partial charge is 0.497 e. The van der Waals surface area contributed by atoms with Crippen molar-refractivity contribution in [3.05, 3.63) is 35.7 Å². The van der Waals surface area contributed by atoms with Crippen molar-refractivity contribution in [1.29, 1.82) is 0 Å². The van der Waals surface area contributed by atoms with E-state index in [1.807, 2.05) is 0 Å². The highest BCUT2D eigenvalue weighted by Gasteiger charge is 2.27. The van der Waals surface area contributed by atoms with Crippen LogP contribution in [0, 0.1) is 13.8 Å². The number of H-pyrrole nitrogens is 1. The summed E-state index contributed by atoms with van der Waals surface area (Å²) in [7, 11) is -0.601. The van der Waals surface area contributed by atoms with Gasteiger partial charge in [0.2, 0.25) is 0 Å². The van der Waals surface area contributed by atoms with Crippen LogP contribution in [0.2, 0.25) is 0 Å². The molecule has 0 spiro atoms. The fourth-order valence-corrected chi connectivity index (χ4v) is 3.52. The van der Waals surface area contributed by atoms with Crippen LogP contribution in [0.15, 0.2) is 29.2 Å². The molecule has 0 unspecified atom stereocenters. The second-order valence-corrected chi connectivity index (χ2v) is 6.34. The molecule has 0 bridgehead atoms. The van der Waals surface area contributed by atoms with Crippen molar-refractivity contribution in [1.82, 2.24) is 10.2 Å². The maximum atomic E-state index is 12.7. The Labute approximate surface area is 118 Å². The molecule has 0 atom stereocenters. The van der Waals surface area contributed by atoms with Crippen molar-refractivity contribution in [2.24, 2.45) is 0 Å². The molecule has 1 N–H and O–H groups in total. The summed E-state index contributed by atoms with van der Waals surface area (Å²) in [6.45, 7) is 3.35. The first-order valence-corrected chi connectivity index (χ1v) is 7.46. The lowest BCUT2D eigenvalue weighted by Gasteiger charge is -2.20. The van der Waals surface area contributed by atoms with E-state index in [1.165, 1.54) is 18.5 Å². The Morgan fingerprint density at radius 2 is 2.00 bits per heavy atom. The third kappa shape index (κ3) is 2.36. The Kier molecular flexibility index (Phi) is 3.71. The van der Waals surface area contributed by atoms with E-state index in [2.05, 4.69) is 10.2 Å². The number of aryl methyl sites for hydroxylation is 2. The number of anilines is 1. The first kappa shape index (κ1) is 14.4. The molecule has 0 aliphatic heterocycles. The number of rotatable bonds is 4. The van der Waals surface area contributed by atoms with Crippen LogP contribution in [0.5, 0.6) is 5.75 Å². The van der Waals surface area contributed by atoms with Crippen LogP contribution in [-0.2, 0) is 10.0 Å². The molecule has 6 nitrogen and oxygen atoms in total. The van der Waals surface area contributed by atoms with Gasteiger partial charge in [-0.2, -0.15) is 5.10 Å². The fraction of sp³-hybridized carbons (Fsp3) is 0.308. The van der Waals surface area contributed by atoms with Gasteiger partial charge in [0.15, 0.2) is 0 Å². The molecule has 1 aromatic heterocycles. The molecular formula is C13H17N3O3S. The molecule has 0 saturated carbocycles. The molecule has 0 aliphatic carbocycles. The number of sulfonamides is 1. The molecule has 0 radical (unpaired) electrons. The van der Waals surface area contributed by atoms with Crippen molar-refractivity contribution in [3.63, 3.8) is 0 Å². The number of ether oxygens (including phenoxy) is 1. The van der Waals surface area contributed by atoms with Gasteiger partial charge >= 0.3 is 0 Å². The molecule has 0 amide bonds. The molecule has 0 saturated heterocycles. The number of hydrogen-bond acceptors (Lipinski definition) is 4. The van der Waals surface area contributed by atoms with E-state index in [4.69, 9.17) is 4.74 Å². The Hall–Kier alpha value is -2.02. The summed E-state index contributed by atoms with van der Waals surface area (Å²) in [6, 6.07) is 6.89. The third-order valence-electron chi connectivity index (χ3n) is 3.10. The summed E-state index contributed by atoms with van der Waals surface area (Å²) >= 11 is 0. The third-order valence-corrected chi connectivity index (χ3v) is 5.15. The van der Waals surface area contributed by atoms with Gasteiger partial charge in [-0.25, -0.2) is 8.42 Å². The number of methoxy groups -OCH3 is 1. The molecule has 108 valence electrons. The zero-order chi connectivity index (χ0) is 14.9. The maximum Gasteiger partial charge on any atom is 0.267 e. The van der Waals surface area contributed by atoms with E-state index in [0.717, 1.165) is 0 Å². The van der Waals surface area contributed by atoms with Gasteiger partial charge in [0.25, 0.3) is 10.0 Å². The quantitative estimate of drug-likeness (QED) is 0.934. The van der Waals surface area contributed by atoms with Crippen LogP contribution in [0.25, 0.3) is 0 Å². The summed E-state index contributed by atoms with van der Waals surface area (Å²) in [5.41, 5.74) is 1.51. The Bertz CT molecular complexity index is 703. The molecule has 2 aromatic rings. The van der Waals surface area contributed by atoms with Gasteiger partial charge in [0.05, 0.1) is 24.2 Å². The highest BCUT2D eigenvalue weighted by molar-refractivity contribution is 7.92. The zero-order valence-electron chi connectivity index (χ0n) is 11.8. The van der Waals surface area contributed by atoms with Gasteiger partial charge in [-0.1, -0.05) is 6.07 Å². The van der Waals surface area contributed by atoms with Gasteiger partial charge < -0.3 is 4.74 Å². The second-order valence-electron chi connectivity index (χ2n) is 4.44. The van der Waals surface area contributed by atoms with Crippen LogP contribution in [0.4, 0.5) is 5.69 Å². The van der Waals surface area contributed by atoms with E-state index in [0.29, 0.717) is 22.8 Å². The van der Waals surface area contributed by atoms with E-state index < -0.39 is 10.0 Å². The van der Waals surface area contributed by atoms with Crippen LogP contribution in [-0.4, -0.2) is 32.8 Å². The predicted molar refractivity (Wildman–Crippen MR) is 76.6 cm³/mol. The van der Waals surface area contributed by atoms with E-state index in [-0.39, 0.29) is 4.90 Å². The second kappa shape index (κ2) is 5.16. The van der Waals surface area contributed by atoms with Gasteiger partial charge in [-0.15, -0.1) is 0 Å². The minimum Gasteiger partial charge on any atom is -0.497 e. The standard InChI is InChI=1S/C13H17N3O3S/c1-9-13(10(2)15-14-9)20(17,18)16(3)11-6-5-7-12(8-11)19-4/h5-8H,1-4H3,(H,14,15). The van der Waals surface area contributed by atoms with Crippen LogP contribution < -0.4 is 9.04 Å². The van der Waals surface area contributed by atoms with Gasteiger partial charge in [0.1, 0.15) is 10.6 Å². The van der Waals surface area contributed by atoms with Gasteiger partial charge in [-0.3, -0.25) is 9.40 Å². The van der Waals surface area contributed by atoms with Crippen molar-refractivity contribution in [3.8, 4) is 5.75 Å². The van der Waals surface area contributed by atoms with Crippen LogP contribution in [0.3, 0.4) is 0 Å². The molecule has 1 heterocycles. The summed E-state index contributed by atoms with van der Waals surface area (Å²) < 4.78 is 31.7.